The van der Waals surface area contributed by atoms with Gasteiger partial charge in [-0.15, -0.1) is 0 Å². The maximum Gasteiger partial charge on any atom is 0.412 e. The van der Waals surface area contributed by atoms with E-state index in [1.807, 2.05) is 6.07 Å². The molecule has 204 valence electrons. The lowest BCUT2D eigenvalue weighted by molar-refractivity contribution is 0.0695. The highest BCUT2D eigenvalue weighted by molar-refractivity contribution is 5.71. The molecule has 1 fully saturated rings. The van der Waals surface area contributed by atoms with Crippen molar-refractivity contribution in [1.82, 2.24) is 10.6 Å². The van der Waals surface area contributed by atoms with Gasteiger partial charge in [-0.3, -0.25) is 0 Å². The first-order valence-electron chi connectivity index (χ1n) is 14.1. The van der Waals surface area contributed by atoms with E-state index in [1.165, 1.54) is 50.5 Å². The number of aryl methyl sites for hydroxylation is 2. The summed E-state index contributed by atoms with van der Waals surface area (Å²) in [5.41, 5.74) is 2.21. The molecule has 36 heavy (non-hydrogen) atoms. The number of hydrogen-bond donors (Lipinski definition) is 3. The number of amides is 2. The van der Waals surface area contributed by atoms with E-state index in [2.05, 4.69) is 57.4 Å². The Hall–Kier alpha value is -2.24. The standard InChI is InChI=1S/C30H50N2O4/c1-6-8-10-12-14-23-16-17-26(24(18-23)15-13-11-9-7-2)36-28(35)31-22-30(5)20-25(32-27(33)34)19-29(3,4)21-30/h16-18,25,32H,6-15,19-22H2,1-5H3,(H,31,35)(H,33,34). The van der Waals surface area contributed by atoms with Crippen LogP contribution in [0.5, 0.6) is 5.75 Å². The van der Waals surface area contributed by atoms with Crippen molar-refractivity contribution in [3.05, 3.63) is 29.3 Å². The largest absolute Gasteiger partial charge is 0.465 e. The van der Waals surface area contributed by atoms with Crippen molar-refractivity contribution in [2.24, 2.45) is 10.8 Å². The molecular weight excluding hydrogens is 452 g/mol. The zero-order valence-electron chi connectivity index (χ0n) is 23.4. The van der Waals surface area contributed by atoms with E-state index in [0.717, 1.165) is 37.7 Å². The Labute approximate surface area is 219 Å². The highest BCUT2D eigenvalue weighted by Crippen LogP contribution is 2.45. The van der Waals surface area contributed by atoms with Gasteiger partial charge in [0.25, 0.3) is 0 Å². The average Bonchev–Trinajstić information content (AvgIpc) is 2.78. The summed E-state index contributed by atoms with van der Waals surface area (Å²) >= 11 is 0. The molecule has 1 aromatic rings. The molecule has 0 radical (unpaired) electrons. The van der Waals surface area contributed by atoms with E-state index in [4.69, 9.17) is 4.74 Å². The molecule has 2 amide bonds. The molecule has 2 atom stereocenters. The molecule has 0 aliphatic heterocycles. The van der Waals surface area contributed by atoms with E-state index in [-0.39, 0.29) is 16.9 Å². The van der Waals surface area contributed by atoms with Gasteiger partial charge in [0.2, 0.25) is 0 Å². The lowest BCUT2D eigenvalue weighted by Gasteiger charge is -2.46. The minimum Gasteiger partial charge on any atom is -0.465 e. The number of carbonyl (C=O) groups excluding carboxylic acids is 1. The lowest BCUT2D eigenvalue weighted by Crippen LogP contribution is -2.50. The zero-order chi connectivity index (χ0) is 26.6. The van der Waals surface area contributed by atoms with Crippen LogP contribution in [-0.4, -0.2) is 29.9 Å². The Bertz CT molecular complexity index is 838. The number of benzene rings is 1. The van der Waals surface area contributed by atoms with Gasteiger partial charge in [-0.1, -0.05) is 85.3 Å². The summed E-state index contributed by atoms with van der Waals surface area (Å²) < 4.78 is 5.82. The van der Waals surface area contributed by atoms with Crippen molar-refractivity contribution in [2.75, 3.05) is 6.54 Å². The number of nitrogens with one attached hydrogen (secondary N) is 2. The van der Waals surface area contributed by atoms with Crippen molar-refractivity contribution < 1.29 is 19.4 Å². The molecule has 0 bridgehead atoms. The van der Waals surface area contributed by atoms with Crippen LogP contribution in [0.25, 0.3) is 0 Å². The fourth-order valence-electron chi connectivity index (χ4n) is 6.05. The van der Waals surface area contributed by atoms with Crippen LogP contribution in [0.1, 0.15) is 116 Å². The molecule has 0 spiro atoms. The molecule has 1 aliphatic carbocycles. The van der Waals surface area contributed by atoms with Crippen molar-refractivity contribution in [1.29, 1.82) is 0 Å². The van der Waals surface area contributed by atoms with Gasteiger partial charge in [0.15, 0.2) is 0 Å². The van der Waals surface area contributed by atoms with Crippen LogP contribution >= 0.6 is 0 Å². The SMILES string of the molecule is CCCCCCc1ccc(OC(=O)NCC2(C)CC(NC(=O)O)CC(C)(C)C2)c(CCCCCC)c1. The van der Waals surface area contributed by atoms with Gasteiger partial charge in [0.1, 0.15) is 5.75 Å². The van der Waals surface area contributed by atoms with Crippen molar-refractivity contribution >= 4 is 12.2 Å². The number of hydrogen-bond acceptors (Lipinski definition) is 3. The first kappa shape index (κ1) is 30.0. The third-order valence-electron chi connectivity index (χ3n) is 7.38. The molecule has 6 nitrogen and oxygen atoms in total. The second kappa shape index (κ2) is 14.5. The number of unbranched alkanes of at least 4 members (excludes halogenated alkanes) is 6. The summed E-state index contributed by atoms with van der Waals surface area (Å²) in [6, 6.07) is 6.17. The molecule has 0 aromatic heterocycles. The molecule has 1 saturated carbocycles. The molecule has 0 heterocycles. The van der Waals surface area contributed by atoms with Crippen LogP contribution in [0.2, 0.25) is 0 Å². The monoisotopic (exact) mass is 502 g/mol. The first-order valence-corrected chi connectivity index (χ1v) is 14.1. The Balaban J connectivity index is 2.01. The summed E-state index contributed by atoms with van der Waals surface area (Å²) in [6.45, 7) is 11.3. The van der Waals surface area contributed by atoms with E-state index in [1.54, 1.807) is 0 Å². The van der Waals surface area contributed by atoms with Crippen molar-refractivity contribution in [2.45, 2.75) is 124 Å². The molecular formula is C30H50N2O4. The minimum atomic E-state index is -0.993. The predicted octanol–water partition coefficient (Wildman–Crippen LogP) is 7.87. The molecule has 2 rings (SSSR count). The summed E-state index contributed by atoms with van der Waals surface area (Å²) in [7, 11) is 0. The maximum absolute atomic E-state index is 12.8. The summed E-state index contributed by atoms with van der Waals surface area (Å²) in [5, 5.41) is 14.8. The topological polar surface area (TPSA) is 87.7 Å². The summed E-state index contributed by atoms with van der Waals surface area (Å²) in [4.78, 5) is 24.0. The van der Waals surface area contributed by atoms with Gasteiger partial charge in [0.05, 0.1) is 0 Å². The van der Waals surface area contributed by atoms with E-state index in [9.17, 15) is 14.7 Å². The Morgan fingerprint density at radius 2 is 1.64 bits per heavy atom. The Kier molecular flexibility index (Phi) is 12.1. The van der Waals surface area contributed by atoms with Gasteiger partial charge in [-0.05, 0) is 73.0 Å². The van der Waals surface area contributed by atoms with Gasteiger partial charge < -0.3 is 20.5 Å². The van der Waals surface area contributed by atoms with Crippen LogP contribution < -0.4 is 15.4 Å². The Morgan fingerprint density at radius 3 is 2.28 bits per heavy atom. The molecule has 1 aromatic carbocycles. The molecule has 1 aliphatic rings. The number of rotatable bonds is 14. The highest BCUT2D eigenvalue weighted by atomic mass is 16.6. The fraction of sp³-hybridized carbons (Fsp3) is 0.733. The maximum atomic E-state index is 12.8. The minimum absolute atomic E-state index is 0.00960. The van der Waals surface area contributed by atoms with E-state index >= 15 is 0 Å². The third kappa shape index (κ3) is 10.8. The molecule has 3 N–H and O–H groups in total. The lowest BCUT2D eigenvalue weighted by atomic mass is 9.62. The second-order valence-electron chi connectivity index (χ2n) is 12.0. The fourth-order valence-corrected chi connectivity index (χ4v) is 6.05. The van der Waals surface area contributed by atoms with Crippen LogP contribution in [0.15, 0.2) is 18.2 Å². The quantitative estimate of drug-likeness (QED) is 0.226. The van der Waals surface area contributed by atoms with Crippen molar-refractivity contribution in [3.63, 3.8) is 0 Å². The zero-order valence-corrected chi connectivity index (χ0v) is 23.4. The molecule has 0 saturated heterocycles. The number of carboxylic acid groups (broad SMARTS) is 1. The van der Waals surface area contributed by atoms with Crippen LogP contribution in [0.3, 0.4) is 0 Å². The van der Waals surface area contributed by atoms with E-state index in [0.29, 0.717) is 18.7 Å². The normalized spacial score (nSPS) is 21.1. The van der Waals surface area contributed by atoms with Crippen LogP contribution in [-0.2, 0) is 12.8 Å². The highest BCUT2D eigenvalue weighted by Gasteiger charge is 2.42. The summed E-state index contributed by atoms with van der Waals surface area (Å²) in [6.07, 6.45) is 12.6. The molecule has 2 unspecified atom stereocenters. The average molecular weight is 503 g/mol. The van der Waals surface area contributed by atoms with Crippen LogP contribution in [0.4, 0.5) is 9.59 Å². The first-order chi connectivity index (χ1) is 17.1. The van der Waals surface area contributed by atoms with Gasteiger partial charge in [-0.25, -0.2) is 9.59 Å². The number of carbonyl (C=O) groups is 2. The second-order valence-corrected chi connectivity index (χ2v) is 12.0. The van der Waals surface area contributed by atoms with Gasteiger partial charge in [-0.2, -0.15) is 0 Å². The van der Waals surface area contributed by atoms with Crippen molar-refractivity contribution in [3.8, 4) is 5.75 Å². The van der Waals surface area contributed by atoms with Gasteiger partial charge in [0, 0.05) is 12.6 Å². The summed E-state index contributed by atoms with van der Waals surface area (Å²) in [5.74, 6) is 0.654. The molecule has 6 heteroatoms. The van der Waals surface area contributed by atoms with Crippen LogP contribution in [0, 0.1) is 10.8 Å². The number of ether oxygens (including phenoxy) is 1. The van der Waals surface area contributed by atoms with Gasteiger partial charge >= 0.3 is 12.2 Å². The third-order valence-corrected chi connectivity index (χ3v) is 7.38. The van der Waals surface area contributed by atoms with E-state index < -0.39 is 12.2 Å². The smallest absolute Gasteiger partial charge is 0.412 e. The predicted molar refractivity (Wildman–Crippen MR) is 147 cm³/mol. The Morgan fingerprint density at radius 1 is 0.972 bits per heavy atom.